The van der Waals surface area contributed by atoms with Gasteiger partial charge in [0.2, 0.25) is 5.78 Å². The summed E-state index contributed by atoms with van der Waals surface area (Å²) in [4.78, 5) is 17.9. The Morgan fingerprint density at radius 2 is 1.78 bits per heavy atom. The van der Waals surface area contributed by atoms with Crippen molar-refractivity contribution in [1.82, 2.24) is 4.90 Å². The first-order valence-electron chi connectivity index (χ1n) is 12.4. The SMILES string of the molecule is Cc1cc(O)c(CN2CCN(c3cccc(Cl)c3)CC2)c2c1C(=O)/C(=C\c1ccc(C(C)C)cc1)O2. The van der Waals surface area contributed by atoms with Crippen LogP contribution in [0, 0.1) is 6.92 Å². The molecule has 0 bridgehead atoms. The third kappa shape index (κ3) is 4.86. The van der Waals surface area contributed by atoms with Gasteiger partial charge in [0, 0.05) is 43.4 Å². The van der Waals surface area contributed by atoms with Crippen LogP contribution in [-0.4, -0.2) is 42.0 Å². The van der Waals surface area contributed by atoms with Crippen LogP contribution in [0.25, 0.3) is 6.08 Å². The summed E-state index contributed by atoms with van der Waals surface area (Å²) >= 11 is 6.17. The number of phenolic OH excluding ortho intramolecular Hbond substituents is 1. The van der Waals surface area contributed by atoms with Gasteiger partial charge in [0.15, 0.2) is 5.76 Å². The zero-order chi connectivity index (χ0) is 25.4. The van der Waals surface area contributed by atoms with Gasteiger partial charge in [0.05, 0.1) is 11.1 Å². The van der Waals surface area contributed by atoms with E-state index in [4.69, 9.17) is 16.3 Å². The maximum atomic E-state index is 13.3. The number of phenols is 1. The van der Waals surface area contributed by atoms with E-state index in [-0.39, 0.29) is 11.5 Å². The van der Waals surface area contributed by atoms with E-state index in [1.54, 1.807) is 12.1 Å². The molecular formula is C30H31ClN2O3. The number of nitrogens with zero attached hydrogens (tertiary/aromatic N) is 2. The van der Waals surface area contributed by atoms with Crippen LogP contribution in [0.5, 0.6) is 11.5 Å². The van der Waals surface area contributed by atoms with Crippen LogP contribution in [0.2, 0.25) is 5.02 Å². The molecule has 5 nitrogen and oxygen atoms in total. The fourth-order valence-corrected chi connectivity index (χ4v) is 5.11. The molecule has 0 spiro atoms. The first kappa shape index (κ1) is 24.4. The normalized spacial score (nSPS) is 17.1. The minimum absolute atomic E-state index is 0.137. The molecule has 3 aromatic rings. The molecule has 0 amide bonds. The molecule has 2 aliphatic heterocycles. The van der Waals surface area contributed by atoms with Gasteiger partial charge in [-0.25, -0.2) is 0 Å². The van der Waals surface area contributed by atoms with E-state index < -0.39 is 0 Å². The number of aryl methyl sites for hydroxylation is 1. The van der Waals surface area contributed by atoms with Crippen molar-refractivity contribution in [2.75, 3.05) is 31.1 Å². The number of carbonyl (C=O) groups is 1. The highest BCUT2D eigenvalue weighted by atomic mass is 35.5. The van der Waals surface area contributed by atoms with Crippen molar-refractivity contribution in [2.45, 2.75) is 33.2 Å². The Hall–Kier alpha value is -3.28. The molecule has 0 aliphatic carbocycles. The molecule has 0 radical (unpaired) electrons. The molecular weight excluding hydrogens is 472 g/mol. The lowest BCUT2D eigenvalue weighted by Crippen LogP contribution is -2.46. The fourth-order valence-electron chi connectivity index (χ4n) is 4.92. The standard InChI is InChI=1S/C30H31ClN2O3/c1-19(2)22-9-7-21(8-10-22)16-27-29(35)28-20(3)15-26(34)25(30(28)36-27)18-32-11-13-33(14-12-32)24-6-4-5-23(31)17-24/h4-10,15-17,19,34H,11-14,18H2,1-3H3/b27-16+. The van der Waals surface area contributed by atoms with E-state index in [1.165, 1.54) is 5.56 Å². The molecule has 0 saturated carbocycles. The first-order chi connectivity index (χ1) is 17.3. The third-order valence-electron chi connectivity index (χ3n) is 7.05. The molecule has 2 aliphatic rings. The predicted molar refractivity (Wildman–Crippen MR) is 145 cm³/mol. The number of rotatable bonds is 5. The molecule has 2 heterocycles. The average molecular weight is 503 g/mol. The molecule has 36 heavy (non-hydrogen) atoms. The van der Waals surface area contributed by atoms with Gasteiger partial charge >= 0.3 is 0 Å². The van der Waals surface area contributed by atoms with Crippen molar-refractivity contribution in [3.8, 4) is 11.5 Å². The molecule has 6 heteroatoms. The van der Waals surface area contributed by atoms with Gasteiger partial charge in [-0.2, -0.15) is 0 Å². The highest BCUT2D eigenvalue weighted by Crippen LogP contribution is 2.42. The average Bonchev–Trinajstić information content (AvgIpc) is 3.18. The highest BCUT2D eigenvalue weighted by Gasteiger charge is 2.34. The number of hydrogen-bond donors (Lipinski definition) is 1. The van der Waals surface area contributed by atoms with Crippen molar-refractivity contribution in [3.63, 3.8) is 0 Å². The van der Waals surface area contributed by atoms with Crippen LogP contribution >= 0.6 is 11.6 Å². The molecule has 5 rings (SSSR count). The number of ketones is 1. The lowest BCUT2D eigenvalue weighted by molar-refractivity contribution is 0.101. The van der Waals surface area contributed by atoms with Gasteiger partial charge in [0.25, 0.3) is 0 Å². The Balaban J connectivity index is 1.35. The third-order valence-corrected chi connectivity index (χ3v) is 7.28. The Kier molecular flexibility index (Phi) is 6.78. The minimum Gasteiger partial charge on any atom is -0.507 e. The molecule has 186 valence electrons. The summed E-state index contributed by atoms with van der Waals surface area (Å²) in [6.07, 6.45) is 1.79. The number of Topliss-reactive ketones (excluding diaryl/α,β-unsaturated/α-hetero) is 1. The summed E-state index contributed by atoms with van der Waals surface area (Å²) in [7, 11) is 0. The van der Waals surface area contributed by atoms with E-state index >= 15 is 0 Å². The fraction of sp³-hybridized carbons (Fsp3) is 0.300. The topological polar surface area (TPSA) is 53.0 Å². The van der Waals surface area contributed by atoms with Gasteiger partial charge in [0.1, 0.15) is 11.5 Å². The van der Waals surface area contributed by atoms with Crippen LogP contribution < -0.4 is 9.64 Å². The minimum atomic E-state index is -0.137. The van der Waals surface area contributed by atoms with Crippen LogP contribution in [0.15, 0.2) is 60.4 Å². The molecule has 3 aromatic carbocycles. The molecule has 1 saturated heterocycles. The number of hydrogen-bond acceptors (Lipinski definition) is 5. The largest absolute Gasteiger partial charge is 0.507 e. The number of benzene rings is 3. The van der Waals surface area contributed by atoms with Crippen LogP contribution in [0.4, 0.5) is 5.69 Å². The summed E-state index contributed by atoms with van der Waals surface area (Å²) in [5.41, 5.74) is 5.21. The van der Waals surface area contributed by atoms with Crippen LogP contribution in [-0.2, 0) is 6.54 Å². The summed E-state index contributed by atoms with van der Waals surface area (Å²) < 4.78 is 6.14. The molecule has 0 atom stereocenters. The lowest BCUT2D eigenvalue weighted by Gasteiger charge is -2.36. The van der Waals surface area contributed by atoms with Gasteiger partial charge in [-0.3, -0.25) is 9.69 Å². The van der Waals surface area contributed by atoms with Gasteiger partial charge in [-0.15, -0.1) is 0 Å². The van der Waals surface area contributed by atoms with Gasteiger partial charge in [-0.1, -0.05) is 55.8 Å². The second-order valence-electron chi connectivity index (χ2n) is 9.90. The smallest absolute Gasteiger partial charge is 0.232 e. The summed E-state index contributed by atoms with van der Waals surface area (Å²) in [5.74, 6) is 1.25. The molecule has 0 unspecified atom stereocenters. The molecule has 1 fully saturated rings. The highest BCUT2D eigenvalue weighted by molar-refractivity contribution is 6.30. The van der Waals surface area contributed by atoms with Crippen molar-refractivity contribution in [3.05, 3.63) is 93.2 Å². The maximum Gasteiger partial charge on any atom is 0.232 e. The number of allylic oxidation sites excluding steroid dienone is 1. The zero-order valence-corrected chi connectivity index (χ0v) is 21.7. The van der Waals surface area contributed by atoms with Crippen molar-refractivity contribution in [2.24, 2.45) is 0 Å². The van der Waals surface area contributed by atoms with Gasteiger partial charge < -0.3 is 14.7 Å². The van der Waals surface area contributed by atoms with Crippen LogP contribution in [0.3, 0.4) is 0 Å². The summed E-state index contributed by atoms with van der Waals surface area (Å²) in [6, 6.07) is 17.8. The quantitative estimate of drug-likeness (QED) is 0.408. The van der Waals surface area contributed by atoms with Crippen LogP contribution in [0.1, 0.15) is 52.4 Å². The van der Waals surface area contributed by atoms with E-state index in [0.717, 1.165) is 48.0 Å². The summed E-state index contributed by atoms with van der Waals surface area (Å²) in [6.45, 7) is 10.0. The Labute approximate surface area is 217 Å². The predicted octanol–water partition coefficient (Wildman–Crippen LogP) is 6.42. The van der Waals surface area contributed by atoms with Crippen molar-refractivity contribution < 1.29 is 14.6 Å². The monoisotopic (exact) mass is 502 g/mol. The molecule has 1 N–H and O–H groups in total. The number of fused-ring (bicyclic) bond motifs is 1. The number of anilines is 1. The Morgan fingerprint density at radius 1 is 1.06 bits per heavy atom. The summed E-state index contributed by atoms with van der Waals surface area (Å²) in [5, 5.41) is 11.6. The number of carbonyl (C=O) groups excluding carboxylic acids is 1. The number of aromatic hydroxyl groups is 1. The van der Waals surface area contributed by atoms with E-state index in [0.29, 0.717) is 35.1 Å². The van der Waals surface area contributed by atoms with Crippen molar-refractivity contribution >= 4 is 29.1 Å². The number of piperazine rings is 1. The Morgan fingerprint density at radius 3 is 2.44 bits per heavy atom. The van der Waals surface area contributed by atoms with Gasteiger partial charge in [-0.05, 0) is 59.9 Å². The Bertz CT molecular complexity index is 1320. The number of ether oxygens (including phenoxy) is 1. The van der Waals surface area contributed by atoms with E-state index in [2.05, 4.69) is 41.8 Å². The maximum absolute atomic E-state index is 13.3. The van der Waals surface area contributed by atoms with E-state index in [1.807, 2.05) is 37.3 Å². The lowest BCUT2D eigenvalue weighted by atomic mass is 9.98. The zero-order valence-electron chi connectivity index (χ0n) is 20.9. The van der Waals surface area contributed by atoms with E-state index in [9.17, 15) is 9.90 Å². The number of halogens is 1. The first-order valence-corrected chi connectivity index (χ1v) is 12.8. The second-order valence-corrected chi connectivity index (χ2v) is 10.3. The van der Waals surface area contributed by atoms with Crippen molar-refractivity contribution in [1.29, 1.82) is 0 Å². The molecule has 0 aromatic heterocycles. The second kappa shape index (κ2) is 10.00.